The van der Waals surface area contributed by atoms with Crippen LogP contribution in [0, 0.1) is 5.41 Å². The third-order valence-electron chi connectivity index (χ3n) is 1.70. The molecule has 0 spiro atoms. The van der Waals surface area contributed by atoms with E-state index in [0.29, 0.717) is 0 Å². The zero-order valence-corrected chi connectivity index (χ0v) is 8.41. The number of carbonyl (C=O) groups is 1. The predicted molar refractivity (Wildman–Crippen MR) is 48.1 cm³/mol. The minimum Gasteiger partial charge on any atom is -0.463 e. The average molecular weight is 190 g/mol. The molecule has 0 bridgehead atoms. The Morgan fingerprint density at radius 3 is 2.15 bits per heavy atom. The Balaban J connectivity index is 4.02. The van der Waals surface area contributed by atoms with Gasteiger partial charge >= 0.3 is 5.97 Å². The molecular weight excluding hydrogens is 172 g/mol. The summed E-state index contributed by atoms with van der Waals surface area (Å²) in [4.78, 5) is 11.1. The summed E-state index contributed by atoms with van der Waals surface area (Å²) in [7, 11) is 0. The maximum absolute atomic E-state index is 11.1. The molecule has 0 aromatic heterocycles. The number of rotatable bonds is 5. The van der Waals surface area contributed by atoms with Crippen LogP contribution in [-0.2, 0) is 9.53 Å². The highest BCUT2D eigenvalue weighted by molar-refractivity contribution is 5.70. The van der Waals surface area contributed by atoms with Crippen molar-refractivity contribution in [1.82, 2.24) is 0 Å². The number of ether oxygens (including phenoxy) is 1. The maximum atomic E-state index is 11.1. The lowest BCUT2D eigenvalue weighted by atomic mass is 9.89. The van der Waals surface area contributed by atoms with Crippen LogP contribution >= 0.6 is 0 Å². The third-order valence-corrected chi connectivity index (χ3v) is 1.70. The first-order valence-electron chi connectivity index (χ1n) is 4.35. The first-order valence-corrected chi connectivity index (χ1v) is 4.35. The molecule has 0 aliphatic rings. The third kappa shape index (κ3) is 4.85. The van der Waals surface area contributed by atoms with Gasteiger partial charge in [-0.25, -0.2) is 0 Å². The fourth-order valence-corrected chi connectivity index (χ4v) is 0.815. The van der Waals surface area contributed by atoms with Crippen LogP contribution in [0.1, 0.15) is 27.2 Å². The SMILES string of the molecule is CC(C)OC(=O)CC(C)(CO)CO. The summed E-state index contributed by atoms with van der Waals surface area (Å²) in [5, 5.41) is 17.8. The van der Waals surface area contributed by atoms with Crippen LogP contribution in [0.2, 0.25) is 0 Å². The Morgan fingerprint density at radius 1 is 1.38 bits per heavy atom. The topological polar surface area (TPSA) is 66.8 Å². The van der Waals surface area contributed by atoms with Gasteiger partial charge in [0.05, 0.1) is 25.7 Å². The summed E-state index contributed by atoms with van der Waals surface area (Å²) in [5.41, 5.74) is -0.772. The van der Waals surface area contributed by atoms with Gasteiger partial charge in [0.25, 0.3) is 0 Å². The summed E-state index contributed by atoms with van der Waals surface area (Å²) >= 11 is 0. The highest BCUT2D eigenvalue weighted by Crippen LogP contribution is 2.20. The minimum absolute atomic E-state index is 0.0399. The lowest BCUT2D eigenvalue weighted by Crippen LogP contribution is -2.30. The van der Waals surface area contributed by atoms with E-state index in [4.69, 9.17) is 14.9 Å². The van der Waals surface area contributed by atoms with Crippen molar-refractivity contribution in [1.29, 1.82) is 0 Å². The average Bonchev–Trinajstić information content (AvgIpc) is 2.02. The Kier molecular flexibility index (Phi) is 4.95. The van der Waals surface area contributed by atoms with E-state index in [0.717, 1.165) is 0 Å². The molecular formula is C9H18O4. The zero-order valence-electron chi connectivity index (χ0n) is 8.41. The second-order valence-corrected chi connectivity index (χ2v) is 3.84. The van der Waals surface area contributed by atoms with Gasteiger partial charge in [-0.1, -0.05) is 6.92 Å². The van der Waals surface area contributed by atoms with Gasteiger partial charge in [0.1, 0.15) is 0 Å². The van der Waals surface area contributed by atoms with Crippen molar-refractivity contribution >= 4 is 5.97 Å². The van der Waals surface area contributed by atoms with Gasteiger partial charge in [-0.2, -0.15) is 0 Å². The van der Waals surface area contributed by atoms with E-state index in [-0.39, 0.29) is 31.7 Å². The number of esters is 1. The molecule has 78 valence electrons. The lowest BCUT2D eigenvalue weighted by molar-refractivity contribution is -0.151. The van der Waals surface area contributed by atoms with Crippen molar-refractivity contribution in [3.05, 3.63) is 0 Å². The molecule has 0 aromatic carbocycles. The summed E-state index contributed by atoms with van der Waals surface area (Å²) in [6.45, 7) is 4.70. The molecule has 0 aliphatic heterocycles. The molecule has 0 aromatic rings. The Morgan fingerprint density at radius 2 is 1.85 bits per heavy atom. The fraction of sp³-hybridized carbons (Fsp3) is 0.889. The van der Waals surface area contributed by atoms with Crippen LogP contribution in [0.4, 0.5) is 0 Å². The van der Waals surface area contributed by atoms with Gasteiger partial charge in [0.15, 0.2) is 0 Å². The quantitative estimate of drug-likeness (QED) is 0.613. The van der Waals surface area contributed by atoms with Crippen LogP contribution < -0.4 is 0 Å². The second kappa shape index (κ2) is 5.19. The van der Waals surface area contributed by atoms with E-state index in [1.165, 1.54) is 0 Å². The molecule has 0 saturated carbocycles. The largest absolute Gasteiger partial charge is 0.463 e. The molecule has 4 nitrogen and oxygen atoms in total. The Labute approximate surface area is 78.5 Å². The van der Waals surface area contributed by atoms with Gasteiger partial charge in [-0.15, -0.1) is 0 Å². The van der Waals surface area contributed by atoms with Crippen molar-refractivity contribution < 1.29 is 19.7 Å². The molecule has 0 fully saturated rings. The zero-order chi connectivity index (χ0) is 10.5. The highest BCUT2D eigenvalue weighted by Gasteiger charge is 2.27. The van der Waals surface area contributed by atoms with E-state index in [1.807, 2.05) is 0 Å². The summed E-state index contributed by atoms with van der Waals surface area (Å²) < 4.78 is 4.89. The van der Waals surface area contributed by atoms with Crippen molar-refractivity contribution in [2.45, 2.75) is 33.3 Å². The second-order valence-electron chi connectivity index (χ2n) is 3.84. The fourth-order valence-electron chi connectivity index (χ4n) is 0.815. The predicted octanol–water partition coefficient (Wildman–Crippen LogP) is 0.319. The number of aliphatic hydroxyl groups excluding tert-OH is 2. The molecule has 0 atom stereocenters. The first-order chi connectivity index (χ1) is 5.93. The van der Waals surface area contributed by atoms with Crippen molar-refractivity contribution in [2.24, 2.45) is 5.41 Å². The number of hydrogen-bond acceptors (Lipinski definition) is 4. The van der Waals surface area contributed by atoms with E-state index < -0.39 is 5.41 Å². The van der Waals surface area contributed by atoms with Gasteiger partial charge in [-0.3, -0.25) is 4.79 Å². The Hall–Kier alpha value is -0.610. The molecule has 0 saturated heterocycles. The monoisotopic (exact) mass is 190 g/mol. The van der Waals surface area contributed by atoms with Gasteiger partial charge in [0, 0.05) is 5.41 Å². The molecule has 4 heteroatoms. The number of hydrogen-bond donors (Lipinski definition) is 2. The van der Waals surface area contributed by atoms with E-state index in [2.05, 4.69) is 0 Å². The molecule has 13 heavy (non-hydrogen) atoms. The van der Waals surface area contributed by atoms with Crippen molar-refractivity contribution in [2.75, 3.05) is 13.2 Å². The molecule has 0 radical (unpaired) electrons. The Bertz CT molecular complexity index is 161. The van der Waals surface area contributed by atoms with Crippen LogP contribution in [0.5, 0.6) is 0 Å². The van der Waals surface area contributed by atoms with Crippen molar-refractivity contribution in [3.63, 3.8) is 0 Å². The van der Waals surface area contributed by atoms with E-state index in [9.17, 15) is 4.79 Å². The van der Waals surface area contributed by atoms with Crippen LogP contribution in [0.25, 0.3) is 0 Å². The maximum Gasteiger partial charge on any atom is 0.306 e. The molecule has 2 N–H and O–H groups in total. The van der Waals surface area contributed by atoms with E-state index >= 15 is 0 Å². The molecule has 0 unspecified atom stereocenters. The first kappa shape index (κ1) is 12.4. The van der Waals surface area contributed by atoms with Crippen LogP contribution in [0.15, 0.2) is 0 Å². The highest BCUT2D eigenvalue weighted by atomic mass is 16.5. The van der Waals surface area contributed by atoms with Crippen molar-refractivity contribution in [3.8, 4) is 0 Å². The smallest absolute Gasteiger partial charge is 0.306 e. The summed E-state index contributed by atoms with van der Waals surface area (Å²) in [6, 6.07) is 0. The van der Waals surface area contributed by atoms with Gasteiger partial charge < -0.3 is 14.9 Å². The number of aliphatic hydroxyl groups is 2. The molecule has 0 rings (SSSR count). The summed E-state index contributed by atoms with van der Waals surface area (Å²) in [6.07, 6.45) is -0.118. The minimum atomic E-state index is -0.772. The molecule has 0 amide bonds. The van der Waals surface area contributed by atoms with Gasteiger partial charge in [0.2, 0.25) is 0 Å². The standard InChI is InChI=1S/C9H18O4/c1-7(2)13-8(12)4-9(3,5-10)6-11/h7,10-11H,4-6H2,1-3H3. The van der Waals surface area contributed by atoms with Gasteiger partial charge in [-0.05, 0) is 13.8 Å². The lowest BCUT2D eigenvalue weighted by Gasteiger charge is -2.23. The molecule has 0 heterocycles. The molecule has 0 aliphatic carbocycles. The van der Waals surface area contributed by atoms with Crippen LogP contribution in [-0.4, -0.2) is 35.5 Å². The van der Waals surface area contributed by atoms with Crippen LogP contribution in [0.3, 0.4) is 0 Å². The normalized spacial score (nSPS) is 11.8. The number of carbonyl (C=O) groups excluding carboxylic acids is 1. The van der Waals surface area contributed by atoms with E-state index in [1.54, 1.807) is 20.8 Å². The summed E-state index contributed by atoms with van der Waals surface area (Å²) in [5.74, 6) is -0.388.